The SMILES string of the molecule is [2H]C([2H])([2H])c1ccc(-c2c3c(cc[n+]2C)C([2H])([2H])CC3([2H])[2H])c(C)c1.[2H]C([2H])([2H])c1ccc(-c2c3c(cc[n+]2C)C([2H])([2H])CCC3([2H])[2H])c(C)c1.[2H]C([2H])([2H])c1ccc(-c2cc3c(c[n+]2C)CC2CC3C2)c(C)c1.[2H]C([2H])([2H])c1ccc(-c2cc3c(c[n+]2C)CCC3([2H])[2H])c(C)c1.[2H]C([2H])([2H])c1ccc(-c2cc3c(c[n+]2C)CCCC3([2H])[2H])c(C)c1. The van der Waals surface area contributed by atoms with Crippen molar-refractivity contribution in [2.75, 3.05) is 0 Å². The van der Waals surface area contributed by atoms with Crippen LogP contribution in [0.3, 0.4) is 0 Å². The topological polar surface area (TPSA) is 19.4 Å². The molecule has 0 saturated heterocycles. The number of fused-ring (bicyclic) bond motifs is 4. The van der Waals surface area contributed by atoms with Gasteiger partial charge >= 0.3 is 0 Å². The molecule has 5 aromatic heterocycles. The van der Waals surface area contributed by atoms with Crippen LogP contribution >= 0.6 is 0 Å². The summed E-state index contributed by atoms with van der Waals surface area (Å²) >= 11 is 0. The smallest absolute Gasteiger partial charge is 0.201 e. The maximum absolute atomic E-state index is 8.48. The van der Waals surface area contributed by atoms with Crippen molar-refractivity contribution in [3.05, 3.63) is 264 Å². The van der Waals surface area contributed by atoms with Gasteiger partial charge in [-0.25, -0.2) is 22.8 Å². The zero-order chi connectivity index (χ0) is 89.3. The Kier molecular flexibility index (Phi) is 12.2. The number of hydrogen-bond donors (Lipinski definition) is 0. The molecule has 10 aromatic rings. The van der Waals surface area contributed by atoms with E-state index < -0.39 is 72.5 Å². The minimum atomic E-state index is -2.20. The number of rotatable bonds is 5. The van der Waals surface area contributed by atoms with Gasteiger partial charge in [0.05, 0.1) is 0 Å². The number of nitrogens with zero attached hydrogens (tertiary/aromatic N) is 5. The van der Waals surface area contributed by atoms with Gasteiger partial charge in [0.1, 0.15) is 35.2 Å². The van der Waals surface area contributed by atoms with E-state index in [4.69, 9.17) is 37.0 Å². The second-order valence-electron chi connectivity index (χ2n) is 26.3. The van der Waals surface area contributed by atoms with Gasteiger partial charge in [-0.3, -0.25) is 0 Å². The zero-order valence-corrected chi connectivity index (χ0v) is 56.1. The minimum absolute atomic E-state index is 0.108. The Balaban J connectivity index is 0.000000139. The Labute approximate surface area is 602 Å². The van der Waals surface area contributed by atoms with Crippen molar-refractivity contribution in [1.82, 2.24) is 0 Å². The lowest BCUT2D eigenvalue weighted by Gasteiger charge is -2.41. The summed E-state index contributed by atoms with van der Waals surface area (Å²) in [5, 5.41) is 0. The molecule has 2 bridgehead atoms. The largest absolute Gasteiger partial charge is 0.216 e. The van der Waals surface area contributed by atoms with E-state index in [9.17, 15) is 0 Å². The summed E-state index contributed by atoms with van der Waals surface area (Å²) in [5.41, 5.74) is 22.6. The molecule has 5 heteroatoms. The molecule has 0 radical (unpaired) electrons. The summed E-state index contributed by atoms with van der Waals surface area (Å²) in [6.45, 7) is -1.26. The molecule has 0 unspecified atom stereocenters. The molecule has 94 heavy (non-hydrogen) atoms. The highest BCUT2D eigenvalue weighted by Crippen LogP contribution is 2.50. The average molecular weight is 1270 g/mol. The van der Waals surface area contributed by atoms with Crippen LogP contribution in [0.15, 0.2) is 152 Å². The van der Waals surface area contributed by atoms with E-state index in [0.29, 0.717) is 68.7 Å². The molecule has 0 aliphatic heterocycles. The molecular weight excluding hydrogens is 1140 g/mol. The molecule has 17 rings (SSSR count). The summed E-state index contributed by atoms with van der Waals surface area (Å²) in [6, 6.07) is 35.0. The number of hydrogen-bond acceptors (Lipinski definition) is 0. The third-order valence-electron chi connectivity index (χ3n) is 19.3. The van der Waals surface area contributed by atoms with E-state index in [0.717, 1.165) is 115 Å². The van der Waals surface area contributed by atoms with Crippen molar-refractivity contribution in [2.24, 2.45) is 41.2 Å². The molecule has 482 valence electrons. The zero-order valence-electron chi connectivity index (χ0n) is 83.1. The summed E-state index contributed by atoms with van der Waals surface area (Å²) < 4.78 is 222. The van der Waals surface area contributed by atoms with E-state index in [2.05, 4.69) is 23.9 Å². The molecule has 0 amide bonds. The predicted octanol–water partition coefficient (Wildman–Crippen LogP) is 17.8. The maximum Gasteiger partial charge on any atom is 0.216 e. The van der Waals surface area contributed by atoms with Crippen LogP contribution in [0.5, 0.6) is 0 Å². The van der Waals surface area contributed by atoms with Crippen LogP contribution < -0.4 is 22.8 Å². The first kappa shape index (κ1) is 40.3. The summed E-state index contributed by atoms with van der Waals surface area (Å²) in [7, 11) is 9.58. The Morgan fingerprint density at radius 1 is 0.340 bits per heavy atom. The first-order valence-electron chi connectivity index (χ1n) is 46.4. The monoisotopic (exact) mass is 1270 g/mol. The minimum Gasteiger partial charge on any atom is -0.201 e. The third-order valence-corrected chi connectivity index (χ3v) is 19.3. The summed E-state index contributed by atoms with van der Waals surface area (Å²) in [4.78, 5) is 0. The van der Waals surface area contributed by atoms with Crippen molar-refractivity contribution in [2.45, 2.75) is 184 Å². The van der Waals surface area contributed by atoms with Crippen molar-refractivity contribution < 1.29 is 59.8 Å². The average Bonchev–Trinajstić information content (AvgIpc) is 1.66. The van der Waals surface area contributed by atoms with Gasteiger partial charge in [0.2, 0.25) is 28.5 Å². The Morgan fingerprint density at radius 3 is 1.15 bits per heavy atom. The molecule has 7 aliphatic rings. The van der Waals surface area contributed by atoms with Crippen molar-refractivity contribution in [1.29, 1.82) is 0 Å². The Hall–Kier alpha value is -8.15. The fraction of sp³-hybridized carbons (Fsp3) is 0.382. The van der Waals surface area contributed by atoms with Crippen LogP contribution in [0.2, 0.25) is 0 Å². The highest BCUT2D eigenvalue weighted by Gasteiger charge is 2.39. The van der Waals surface area contributed by atoms with Gasteiger partial charge in [-0.05, 0) is 276 Å². The van der Waals surface area contributed by atoms with Gasteiger partial charge in [-0.15, -0.1) is 0 Å². The Morgan fingerprint density at radius 2 is 0.702 bits per heavy atom. The van der Waals surface area contributed by atoms with Crippen molar-refractivity contribution in [3.63, 3.8) is 0 Å². The van der Waals surface area contributed by atoms with Crippen LogP contribution in [0.1, 0.15) is 206 Å². The molecule has 5 heterocycles. The van der Waals surface area contributed by atoms with Crippen LogP contribution in [-0.2, 0) is 92.7 Å². The lowest BCUT2D eigenvalue weighted by atomic mass is 9.63. The first-order chi connectivity index (χ1) is 55.7. The molecule has 0 spiro atoms. The molecule has 0 N–H and O–H groups in total. The highest BCUT2D eigenvalue weighted by molar-refractivity contribution is 5.69. The van der Waals surface area contributed by atoms with Crippen LogP contribution in [0.4, 0.5) is 0 Å². The molecule has 1 saturated carbocycles. The van der Waals surface area contributed by atoms with E-state index in [1.54, 1.807) is 128 Å². The second-order valence-corrected chi connectivity index (χ2v) is 26.3. The van der Waals surface area contributed by atoms with E-state index in [-0.39, 0.29) is 30.4 Å². The number of benzene rings is 5. The quantitative estimate of drug-likeness (QED) is 0.153. The molecule has 5 nitrogen and oxygen atoms in total. The maximum atomic E-state index is 8.48. The fourth-order valence-corrected chi connectivity index (χ4v) is 14.4. The number of pyridine rings is 5. The predicted molar refractivity (Wildman–Crippen MR) is 389 cm³/mol. The van der Waals surface area contributed by atoms with Crippen molar-refractivity contribution >= 4 is 0 Å². The van der Waals surface area contributed by atoms with Crippen LogP contribution in [0, 0.1) is 74.8 Å². The Bertz CT molecular complexity index is 5670. The van der Waals surface area contributed by atoms with Gasteiger partial charge in [0.25, 0.3) is 0 Å². The van der Waals surface area contributed by atoms with Crippen LogP contribution in [0.25, 0.3) is 56.3 Å². The van der Waals surface area contributed by atoms with E-state index in [1.165, 1.54) is 42.1 Å². The van der Waals surface area contributed by atoms with Crippen LogP contribution in [-0.4, -0.2) is 0 Å². The third kappa shape index (κ3) is 14.3. The summed E-state index contributed by atoms with van der Waals surface area (Å²) in [5.74, 6) is 1.64. The molecule has 5 aromatic carbocycles. The summed E-state index contributed by atoms with van der Waals surface area (Å²) in [6.07, 6.45) is 7.93. The second kappa shape index (κ2) is 28.4. The fourth-order valence-electron chi connectivity index (χ4n) is 14.4. The molecule has 7 aliphatic carbocycles. The normalized spacial score (nSPS) is 24.1. The van der Waals surface area contributed by atoms with Gasteiger partial charge < -0.3 is 0 Å². The molecule has 1 fully saturated rings. The molecule has 0 atom stereocenters. The molecular formula is C89H106N5+5. The van der Waals surface area contributed by atoms with E-state index in [1.807, 2.05) is 86.7 Å². The van der Waals surface area contributed by atoms with E-state index >= 15 is 0 Å². The highest BCUT2D eigenvalue weighted by atomic mass is 14.9. The van der Waals surface area contributed by atoms with Gasteiger partial charge in [-0.1, -0.05) is 88.5 Å². The van der Waals surface area contributed by atoms with Crippen molar-refractivity contribution in [3.8, 4) is 56.3 Å². The number of aromatic nitrogens is 5. The lowest BCUT2D eigenvalue weighted by Crippen LogP contribution is -2.37. The van der Waals surface area contributed by atoms with Gasteiger partial charge in [0, 0.05) is 123 Å². The van der Waals surface area contributed by atoms with Gasteiger partial charge in [-0.2, -0.15) is 0 Å². The lowest BCUT2D eigenvalue weighted by molar-refractivity contribution is -0.661. The number of aryl methyl sites for hydroxylation is 21. The standard InChI is InChI=1S/C19H22N.2C18H22N.2C17H20N/c1-12-4-5-17(13(2)6-12)19-10-18-15-7-14(8-15)9-16(18)11-20(19)3;1-13-8-9-17(14(2)10-13)18-11-15-6-4-5-7-16(15)12-19(18)3;1-13-8-9-16(14(2)12-13)18-17-7-5-4-6-15(17)10-11-19(18)3;1-12-7-8-16(13(2)9-12)17-10-14-5-4-6-15(14)11-18(17)3;1-12-7-8-15(13(2)11-12)17-16-6-4-5-14(16)9-10-18(17)3/h4-6,10-11,14-15H,7-9H2,1-3H3;2*8-12H,4-7H2,1-3H3;2*7-11H,4-6H2,1-3H3/q5*+1/i1D3;1D3,6D2;1D3,6D2,7D2;1D3,5D2;1D3,5D2,6D2. The first-order valence-corrected chi connectivity index (χ1v) is 32.9. The van der Waals surface area contributed by atoms with Gasteiger partial charge in [0.15, 0.2) is 31.0 Å².